The topological polar surface area (TPSA) is 57.6 Å². The van der Waals surface area contributed by atoms with Gasteiger partial charge in [-0.05, 0) is 43.5 Å². The molecule has 21 heavy (non-hydrogen) atoms. The normalized spacial score (nSPS) is 17.4. The Balaban J connectivity index is 1.98. The van der Waals surface area contributed by atoms with Gasteiger partial charge in [0.2, 0.25) is 0 Å². The summed E-state index contributed by atoms with van der Waals surface area (Å²) in [6.07, 6.45) is 1.88. The summed E-state index contributed by atoms with van der Waals surface area (Å²) in [6, 6.07) is 11.1. The summed E-state index contributed by atoms with van der Waals surface area (Å²) >= 11 is 1.03. The molecule has 2 aromatic rings. The smallest absolute Gasteiger partial charge is 0.345 e. The number of para-hydroxylation sites is 1. The lowest BCUT2D eigenvalue weighted by molar-refractivity contribution is 0.0702. The van der Waals surface area contributed by atoms with E-state index >= 15 is 0 Å². The van der Waals surface area contributed by atoms with Crippen LogP contribution in [0, 0.1) is 0 Å². The second kappa shape index (κ2) is 5.33. The fourth-order valence-electron chi connectivity index (χ4n) is 2.68. The highest BCUT2D eigenvalue weighted by Gasteiger charge is 2.29. The zero-order chi connectivity index (χ0) is 15.0. The number of fused-ring (bicyclic) bond motifs is 1. The van der Waals surface area contributed by atoms with Crippen LogP contribution in [0.2, 0.25) is 0 Å². The van der Waals surface area contributed by atoms with E-state index in [1.165, 1.54) is 11.6 Å². The molecule has 5 heteroatoms. The van der Waals surface area contributed by atoms with E-state index < -0.39 is 5.97 Å². The van der Waals surface area contributed by atoms with E-state index in [1.54, 1.807) is 11.0 Å². The van der Waals surface area contributed by atoms with E-state index in [4.69, 9.17) is 5.11 Å². The molecule has 2 heterocycles. The first-order chi connectivity index (χ1) is 10.1. The molecular formula is C16H15NO3S. The predicted molar refractivity (Wildman–Crippen MR) is 82.3 cm³/mol. The fourth-order valence-corrected chi connectivity index (χ4v) is 3.47. The Bertz CT molecular complexity index is 707. The molecule has 0 saturated carbocycles. The number of amides is 1. The van der Waals surface area contributed by atoms with Gasteiger partial charge in [0, 0.05) is 11.7 Å². The van der Waals surface area contributed by atoms with Gasteiger partial charge in [0.1, 0.15) is 4.88 Å². The van der Waals surface area contributed by atoms with E-state index in [9.17, 15) is 9.59 Å². The number of nitrogens with zero attached hydrogens (tertiary/aromatic N) is 1. The molecule has 1 aliphatic rings. The van der Waals surface area contributed by atoms with Crippen LogP contribution >= 0.6 is 11.3 Å². The van der Waals surface area contributed by atoms with Gasteiger partial charge in [-0.15, -0.1) is 11.3 Å². The molecule has 1 amide bonds. The average molecular weight is 301 g/mol. The number of carbonyl (C=O) groups is 2. The third-order valence-corrected chi connectivity index (χ3v) is 4.83. The quantitative estimate of drug-likeness (QED) is 0.924. The van der Waals surface area contributed by atoms with Crippen molar-refractivity contribution in [3.8, 4) is 0 Å². The van der Waals surface area contributed by atoms with Gasteiger partial charge in [0.05, 0.1) is 4.88 Å². The second-order valence-electron chi connectivity index (χ2n) is 5.16. The first-order valence-corrected chi connectivity index (χ1v) is 7.64. The van der Waals surface area contributed by atoms with E-state index in [0.717, 1.165) is 29.9 Å². The van der Waals surface area contributed by atoms with Crippen LogP contribution in [0.15, 0.2) is 36.4 Å². The number of anilines is 1. The number of rotatable bonds is 2. The molecular weight excluding hydrogens is 286 g/mol. The summed E-state index contributed by atoms with van der Waals surface area (Å²) in [5.74, 6) is -1.11. The highest BCUT2D eigenvalue weighted by atomic mass is 32.1. The molecule has 1 unspecified atom stereocenters. The Kier molecular flexibility index (Phi) is 3.51. The first kappa shape index (κ1) is 13.8. The summed E-state index contributed by atoms with van der Waals surface area (Å²) in [5, 5.41) is 8.99. The Morgan fingerprint density at radius 2 is 1.90 bits per heavy atom. The number of hydrogen-bond acceptors (Lipinski definition) is 3. The van der Waals surface area contributed by atoms with Gasteiger partial charge in [-0.1, -0.05) is 18.2 Å². The lowest BCUT2D eigenvalue weighted by atomic mass is 9.96. The highest BCUT2D eigenvalue weighted by molar-refractivity contribution is 7.16. The molecule has 0 radical (unpaired) electrons. The Morgan fingerprint density at radius 1 is 1.19 bits per heavy atom. The Morgan fingerprint density at radius 3 is 2.62 bits per heavy atom. The predicted octanol–water partition coefficient (Wildman–Crippen LogP) is 3.43. The molecule has 0 saturated heterocycles. The third-order valence-electron chi connectivity index (χ3n) is 3.77. The SMILES string of the molecule is CC1CCc2ccccc2N1C(=O)c1ccc(C(=O)O)s1. The van der Waals surface area contributed by atoms with Crippen LogP contribution in [-0.2, 0) is 6.42 Å². The average Bonchev–Trinajstić information content (AvgIpc) is 2.96. The minimum Gasteiger partial charge on any atom is -0.477 e. The molecule has 1 aliphatic heterocycles. The van der Waals surface area contributed by atoms with E-state index in [-0.39, 0.29) is 16.8 Å². The lowest BCUT2D eigenvalue weighted by Gasteiger charge is -2.35. The molecule has 1 atom stereocenters. The van der Waals surface area contributed by atoms with Crippen molar-refractivity contribution in [2.45, 2.75) is 25.8 Å². The Hall–Kier alpha value is -2.14. The first-order valence-electron chi connectivity index (χ1n) is 6.82. The van der Waals surface area contributed by atoms with Crippen LogP contribution in [-0.4, -0.2) is 23.0 Å². The van der Waals surface area contributed by atoms with Crippen LogP contribution < -0.4 is 4.90 Å². The molecule has 0 fully saturated rings. The van der Waals surface area contributed by atoms with Crippen molar-refractivity contribution in [3.63, 3.8) is 0 Å². The van der Waals surface area contributed by atoms with Gasteiger partial charge in [0.15, 0.2) is 0 Å². The van der Waals surface area contributed by atoms with E-state index in [0.29, 0.717) is 4.88 Å². The van der Waals surface area contributed by atoms with E-state index in [1.807, 2.05) is 31.2 Å². The van der Waals surface area contributed by atoms with Gasteiger partial charge >= 0.3 is 5.97 Å². The number of thiophene rings is 1. The molecule has 0 spiro atoms. The number of carboxylic acid groups (broad SMARTS) is 1. The monoisotopic (exact) mass is 301 g/mol. The van der Waals surface area contributed by atoms with Crippen LogP contribution in [0.4, 0.5) is 5.69 Å². The maximum absolute atomic E-state index is 12.8. The lowest BCUT2D eigenvalue weighted by Crippen LogP contribution is -2.41. The number of carbonyl (C=O) groups excluding carboxylic acids is 1. The largest absolute Gasteiger partial charge is 0.477 e. The van der Waals surface area contributed by atoms with Crippen molar-refractivity contribution in [2.24, 2.45) is 0 Å². The summed E-state index contributed by atoms with van der Waals surface area (Å²) < 4.78 is 0. The van der Waals surface area contributed by atoms with Crippen LogP contribution in [0.3, 0.4) is 0 Å². The van der Waals surface area contributed by atoms with Crippen molar-refractivity contribution in [1.82, 2.24) is 0 Å². The van der Waals surface area contributed by atoms with Crippen molar-refractivity contribution >= 4 is 28.9 Å². The maximum Gasteiger partial charge on any atom is 0.345 e. The Labute approximate surface area is 126 Å². The highest BCUT2D eigenvalue weighted by Crippen LogP contribution is 2.32. The van der Waals surface area contributed by atoms with Crippen molar-refractivity contribution < 1.29 is 14.7 Å². The third kappa shape index (κ3) is 2.45. The van der Waals surface area contributed by atoms with Crippen molar-refractivity contribution in [3.05, 3.63) is 51.7 Å². The maximum atomic E-state index is 12.8. The number of aromatic carboxylic acids is 1. The number of carboxylic acids is 1. The van der Waals surface area contributed by atoms with Crippen molar-refractivity contribution in [1.29, 1.82) is 0 Å². The van der Waals surface area contributed by atoms with Crippen molar-refractivity contribution in [2.75, 3.05) is 4.90 Å². The standard InChI is InChI=1S/C16H15NO3S/c1-10-6-7-11-4-2-3-5-12(11)17(10)15(18)13-8-9-14(21-13)16(19)20/h2-5,8-10H,6-7H2,1H3,(H,19,20). The zero-order valence-electron chi connectivity index (χ0n) is 11.6. The van der Waals surface area contributed by atoms with Crippen LogP contribution in [0.25, 0.3) is 0 Å². The zero-order valence-corrected chi connectivity index (χ0v) is 12.4. The number of aryl methyl sites for hydroxylation is 1. The molecule has 108 valence electrons. The summed E-state index contributed by atoms with van der Waals surface area (Å²) in [7, 11) is 0. The fraction of sp³-hybridized carbons (Fsp3) is 0.250. The molecule has 4 nitrogen and oxygen atoms in total. The van der Waals surface area contributed by atoms with Gasteiger partial charge in [-0.2, -0.15) is 0 Å². The molecule has 1 aromatic heterocycles. The molecule has 1 aromatic carbocycles. The summed E-state index contributed by atoms with van der Waals surface area (Å²) in [5.41, 5.74) is 2.10. The van der Waals surface area contributed by atoms with E-state index in [2.05, 4.69) is 0 Å². The molecule has 1 N–H and O–H groups in total. The summed E-state index contributed by atoms with van der Waals surface area (Å²) in [4.78, 5) is 26.2. The molecule has 0 aliphatic carbocycles. The molecule has 3 rings (SSSR count). The van der Waals surface area contributed by atoms with Crippen LogP contribution in [0.1, 0.15) is 38.3 Å². The minimum absolute atomic E-state index is 0.114. The van der Waals surface area contributed by atoms with Crippen LogP contribution in [0.5, 0.6) is 0 Å². The van der Waals surface area contributed by atoms with Gasteiger partial charge in [0.25, 0.3) is 5.91 Å². The number of hydrogen-bond donors (Lipinski definition) is 1. The minimum atomic E-state index is -0.994. The summed E-state index contributed by atoms with van der Waals surface area (Å²) in [6.45, 7) is 2.03. The van der Waals surface area contributed by atoms with Gasteiger partial charge in [-0.25, -0.2) is 4.79 Å². The van der Waals surface area contributed by atoms with Gasteiger partial charge in [-0.3, -0.25) is 4.79 Å². The number of benzene rings is 1. The molecule has 0 bridgehead atoms. The van der Waals surface area contributed by atoms with Gasteiger partial charge < -0.3 is 10.0 Å². The second-order valence-corrected chi connectivity index (χ2v) is 6.24.